The van der Waals surface area contributed by atoms with Crippen LogP contribution in [0.5, 0.6) is 0 Å². The molecule has 2 heterocycles. The molecule has 2 N–H and O–H groups in total. The monoisotopic (exact) mass is 261 g/mol. The van der Waals surface area contributed by atoms with Crippen molar-refractivity contribution in [2.24, 2.45) is 5.73 Å². The Kier molecular flexibility index (Phi) is 7.12. The molecule has 0 saturated carbocycles. The Labute approximate surface area is 105 Å². The lowest BCUT2D eigenvalue weighted by molar-refractivity contribution is -0.128. The van der Waals surface area contributed by atoms with Crippen LogP contribution in [0.2, 0.25) is 0 Å². The minimum Gasteiger partial charge on any atom is -0.468 e. The molecule has 2 rings (SSSR count). The van der Waals surface area contributed by atoms with Crippen molar-refractivity contribution < 1.29 is 28.5 Å². The molecule has 0 aliphatic carbocycles. The van der Waals surface area contributed by atoms with E-state index in [0.717, 1.165) is 25.9 Å². The molecule has 0 amide bonds. The van der Waals surface area contributed by atoms with E-state index in [9.17, 15) is 9.59 Å². The maximum atomic E-state index is 10.5. The van der Waals surface area contributed by atoms with Gasteiger partial charge < -0.3 is 24.7 Å². The molecular weight excluding hydrogens is 242 g/mol. The first-order valence-electron chi connectivity index (χ1n) is 5.96. The minimum atomic E-state index is -0.589. The number of ether oxygens (including phenoxy) is 4. The van der Waals surface area contributed by atoms with Crippen molar-refractivity contribution in [3.05, 3.63) is 0 Å². The third kappa shape index (κ3) is 7.08. The van der Waals surface area contributed by atoms with Gasteiger partial charge in [-0.15, -0.1) is 0 Å². The van der Waals surface area contributed by atoms with Crippen LogP contribution in [0.1, 0.15) is 19.3 Å². The molecule has 2 aliphatic heterocycles. The van der Waals surface area contributed by atoms with Gasteiger partial charge in [-0.25, -0.2) is 4.79 Å². The van der Waals surface area contributed by atoms with E-state index in [1.54, 1.807) is 0 Å². The molecule has 18 heavy (non-hydrogen) atoms. The normalized spacial score (nSPS) is 24.4. The summed E-state index contributed by atoms with van der Waals surface area (Å²) in [5, 5.41) is 0. The van der Waals surface area contributed by atoms with Crippen molar-refractivity contribution in [1.82, 2.24) is 0 Å². The summed E-state index contributed by atoms with van der Waals surface area (Å²) in [6.07, 6.45) is 2.10. The maximum Gasteiger partial charge on any atom is 0.508 e. The van der Waals surface area contributed by atoms with Gasteiger partial charge in [-0.1, -0.05) is 0 Å². The van der Waals surface area contributed by atoms with Crippen LogP contribution >= 0.6 is 0 Å². The highest BCUT2D eigenvalue weighted by molar-refractivity contribution is 5.61. The number of unbranched alkanes of at least 4 members (excludes halogenated alkanes) is 1. The first-order valence-corrected chi connectivity index (χ1v) is 5.96. The van der Waals surface area contributed by atoms with Crippen LogP contribution in [0, 0.1) is 0 Å². The predicted molar refractivity (Wildman–Crippen MR) is 60.9 cm³/mol. The van der Waals surface area contributed by atoms with Gasteiger partial charge in [0.2, 0.25) is 0 Å². The van der Waals surface area contributed by atoms with Gasteiger partial charge in [0.05, 0.1) is 19.3 Å². The Hall–Kier alpha value is -1.34. The summed E-state index contributed by atoms with van der Waals surface area (Å²) < 4.78 is 18.6. The Bertz CT molecular complexity index is 256. The van der Waals surface area contributed by atoms with Gasteiger partial charge in [0.15, 0.2) is 0 Å². The molecule has 0 aromatic rings. The van der Waals surface area contributed by atoms with Gasteiger partial charge in [0.1, 0.15) is 12.7 Å². The summed E-state index contributed by atoms with van der Waals surface area (Å²) in [6.45, 7) is 2.77. The maximum absolute atomic E-state index is 10.5. The van der Waals surface area contributed by atoms with Crippen molar-refractivity contribution in [2.75, 3.05) is 26.4 Å². The summed E-state index contributed by atoms with van der Waals surface area (Å²) >= 11 is 0. The first kappa shape index (κ1) is 14.7. The van der Waals surface area contributed by atoms with Crippen LogP contribution in [0.15, 0.2) is 0 Å². The molecule has 104 valence electrons. The van der Waals surface area contributed by atoms with Gasteiger partial charge in [0.25, 0.3) is 6.47 Å². The molecular formula is C11H19NO6. The average molecular weight is 261 g/mol. The van der Waals surface area contributed by atoms with E-state index in [0.29, 0.717) is 32.3 Å². The standard InChI is InChI=1S/C8H12O5.C3H7NO/c9-6-11-4-2-1-3-7-5-12-8(10)13-7;4-1-3-2-5-3/h6-7H,1-5H2;3H,1-2,4H2. The van der Waals surface area contributed by atoms with Crippen LogP contribution in [0.25, 0.3) is 0 Å². The Morgan fingerprint density at radius 1 is 1.33 bits per heavy atom. The van der Waals surface area contributed by atoms with Crippen molar-refractivity contribution in [2.45, 2.75) is 31.5 Å². The smallest absolute Gasteiger partial charge is 0.468 e. The summed E-state index contributed by atoms with van der Waals surface area (Å²) in [6, 6.07) is 0. The fraction of sp³-hybridized carbons (Fsp3) is 0.818. The van der Waals surface area contributed by atoms with E-state index in [4.69, 9.17) is 15.2 Å². The largest absolute Gasteiger partial charge is 0.508 e. The van der Waals surface area contributed by atoms with Crippen LogP contribution in [-0.4, -0.2) is 51.2 Å². The highest BCUT2D eigenvalue weighted by Gasteiger charge is 2.23. The summed E-state index contributed by atoms with van der Waals surface area (Å²) in [7, 11) is 0. The highest BCUT2D eigenvalue weighted by atomic mass is 16.8. The molecule has 7 nitrogen and oxygen atoms in total. The molecule has 0 aromatic heterocycles. The SMILES string of the molecule is NCC1CO1.O=COCCCCC1COC(=O)O1. The molecule has 2 atom stereocenters. The highest BCUT2D eigenvalue weighted by Crippen LogP contribution is 2.12. The van der Waals surface area contributed by atoms with Gasteiger partial charge in [0, 0.05) is 6.54 Å². The fourth-order valence-electron chi connectivity index (χ4n) is 1.32. The zero-order valence-electron chi connectivity index (χ0n) is 10.2. The number of carbonyl (C=O) groups is 2. The number of carbonyl (C=O) groups excluding carboxylic acids is 2. The van der Waals surface area contributed by atoms with Gasteiger partial charge in [-0.3, -0.25) is 4.79 Å². The average Bonchev–Trinajstić information content (AvgIpc) is 3.13. The lowest BCUT2D eigenvalue weighted by atomic mass is 10.2. The quantitative estimate of drug-likeness (QED) is 0.302. The zero-order valence-corrected chi connectivity index (χ0v) is 10.2. The molecule has 2 unspecified atom stereocenters. The number of epoxide rings is 1. The summed E-state index contributed by atoms with van der Waals surface area (Å²) in [5.41, 5.74) is 5.11. The van der Waals surface area contributed by atoms with E-state index >= 15 is 0 Å². The summed E-state index contributed by atoms with van der Waals surface area (Å²) in [5.74, 6) is 0. The van der Waals surface area contributed by atoms with E-state index in [2.05, 4.69) is 9.47 Å². The van der Waals surface area contributed by atoms with Crippen molar-refractivity contribution in [1.29, 1.82) is 0 Å². The van der Waals surface area contributed by atoms with Crippen LogP contribution in [0.3, 0.4) is 0 Å². The lowest BCUT2D eigenvalue weighted by Gasteiger charge is -2.04. The van der Waals surface area contributed by atoms with Crippen molar-refractivity contribution in [3.8, 4) is 0 Å². The molecule has 2 saturated heterocycles. The zero-order chi connectivity index (χ0) is 13.2. The van der Waals surface area contributed by atoms with Crippen LogP contribution in [-0.2, 0) is 23.7 Å². The molecule has 0 bridgehead atoms. The van der Waals surface area contributed by atoms with Crippen molar-refractivity contribution in [3.63, 3.8) is 0 Å². The molecule has 0 radical (unpaired) electrons. The number of rotatable bonds is 7. The molecule has 2 aliphatic rings. The van der Waals surface area contributed by atoms with E-state index in [1.807, 2.05) is 0 Å². The van der Waals surface area contributed by atoms with Gasteiger partial charge >= 0.3 is 6.16 Å². The second kappa shape index (κ2) is 8.71. The van der Waals surface area contributed by atoms with Crippen molar-refractivity contribution >= 4 is 12.6 Å². The number of nitrogens with two attached hydrogens (primary N) is 1. The Balaban J connectivity index is 0.000000269. The Morgan fingerprint density at radius 2 is 2.11 bits per heavy atom. The first-order chi connectivity index (χ1) is 8.76. The second-order valence-electron chi connectivity index (χ2n) is 3.95. The van der Waals surface area contributed by atoms with E-state index < -0.39 is 6.16 Å². The second-order valence-corrected chi connectivity index (χ2v) is 3.95. The molecule has 0 aromatic carbocycles. The van der Waals surface area contributed by atoms with Gasteiger partial charge in [-0.2, -0.15) is 0 Å². The van der Waals surface area contributed by atoms with Gasteiger partial charge in [-0.05, 0) is 19.3 Å². The lowest BCUT2D eigenvalue weighted by Crippen LogP contribution is -2.09. The number of hydrogen-bond donors (Lipinski definition) is 1. The molecule has 0 spiro atoms. The summed E-state index contributed by atoms with van der Waals surface area (Å²) in [4.78, 5) is 20.2. The fourth-order valence-corrected chi connectivity index (χ4v) is 1.32. The van der Waals surface area contributed by atoms with Crippen LogP contribution < -0.4 is 5.73 Å². The minimum absolute atomic E-state index is 0.122. The number of hydrogen-bond acceptors (Lipinski definition) is 7. The third-order valence-electron chi connectivity index (χ3n) is 2.42. The van der Waals surface area contributed by atoms with E-state index in [-0.39, 0.29) is 6.10 Å². The predicted octanol–water partition coefficient (Wildman–Crippen LogP) is 0.209. The third-order valence-corrected chi connectivity index (χ3v) is 2.42. The molecule has 2 fully saturated rings. The van der Waals surface area contributed by atoms with Crippen LogP contribution in [0.4, 0.5) is 4.79 Å². The Morgan fingerprint density at radius 3 is 2.56 bits per heavy atom. The molecule has 7 heteroatoms. The number of cyclic esters (lactones) is 2. The van der Waals surface area contributed by atoms with E-state index in [1.165, 1.54) is 0 Å². The topological polar surface area (TPSA) is 100 Å².